The number of hydrogen-bond acceptors (Lipinski definition) is 6. The van der Waals surface area contributed by atoms with Crippen LogP contribution in [0, 0.1) is 21.4 Å². The van der Waals surface area contributed by atoms with Crippen LogP contribution in [-0.2, 0) is 0 Å². The molecule has 2 rings (SSSR count). The van der Waals surface area contributed by atoms with Gasteiger partial charge in [-0.25, -0.2) is 0 Å². The summed E-state index contributed by atoms with van der Waals surface area (Å²) in [7, 11) is 0. The van der Waals surface area contributed by atoms with Crippen LogP contribution in [0.3, 0.4) is 0 Å². The van der Waals surface area contributed by atoms with Gasteiger partial charge in [0.15, 0.2) is 5.75 Å². The van der Waals surface area contributed by atoms with Crippen molar-refractivity contribution < 1.29 is 10.0 Å². The molecule has 20 heavy (non-hydrogen) atoms. The van der Waals surface area contributed by atoms with Crippen molar-refractivity contribution in [2.75, 3.05) is 26.2 Å². The number of piperazine rings is 1. The molecule has 0 unspecified atom stereocenters. The van der Waals surface area contributed by atoms with Crippen LogP contribution in [0.4, 0.5) is 5.69 Å². The Morgan fingerprint density at radius 1 is 1.50 bits per heavy atom. The fraction of sp³-hybridized carbons (Fsp3) is 0.462. The number of nitrogens with zero attached hydrogens (tertiary/aromatic N) is 3. The predicted octanol–water partition coefficient (Wildman–Crippen LogP) is 1.16. The molecule has 1 saturated heterocycles. The number of nitrogens with one attached hydrogen (secondary N) is 1. The van der Waals surface area contributed by atoms with Crippen molar-refractivity contribution >= 4 is 5.69 Å². The summed E-state index contributed by atoms with van der Waals surface area (Å²) in [5.74, 6) is -0.352. The number of nitro groups is 1. The number of rotatable bonds is 4. The van der Waals surface area contributed by atoms with E-state index in [1.165, 1.54) is 12.1 Å². The zero-order valence-electron chi connectivity index (χ0n) is 11.0. The van der Waals surface area contributed by atoms with Gasteiger partial charge in [-0.2, -0.15) is 5.26 Å². The first-order valence-corrected chi connectivity index (χ1v) is 6.42. The molecule has 1 aliphatic heterocycles. The van der Waals surface area contributed by atoms with Crippen LogP contribution in [0.5, 0.6) is 5.75 Å². The summed E-state index contributed by atoms with van der Waals surface area (Å²) in [5.41, 5.74) is 0.374. The number of nitro benzene ring substituents is 1. The van der Waals surface area contributed by atoms with E-state index in [4.69, 9.17) is 5.26 Å². The smallest absolute Gasteiger partial charge is 0.311 e. The van der Waals surface area contributed by atoms with E-state index >= 15 is 0 Å². The average molecular weight is 276 g/mol. The standard InChI is InChI=1S/C13H16N4O3/c14-4-3-11(16-7-5-15-6-8-16)10-1-2-13(18)12(9-10)17(19)20/h1-2,9,11,15,18H,3,5-8H2/t11-/m1/s1. The SMILES string of the molecule is N#CC[C@H](c1ccc(O)c([N+](=O)[O-])c1)N1CCNCC1. The minimum atomic E-state index is -0.611. The Hall–Kier alpha value is -2.17. The number of benzene rings is 1. The Kier molecular flexibility index (Phi) is 4.50. The topological polar surface area (TPSA) is 102 Å². The summed E-state index contributed by atoms with van der Waals surface area (Å²) < 4.78 is 0. The fourth-order valence-electron chi connectivity index (χ4n) is 2.43. The predicted molar refractivity (Wildman–Crippen MR) is 72.2 cm³/mol. The van der Waals surface area contributed by atoms with Crippen molar-refractivity contribution in [1.82, 2.24) is 10.2 Å². The van der Waals surface area contributed by atoms with E-state index in [2.05, 4.69) is 16.3 Å². The molecule has 0 amide bonds. The molecule has 0 aromatic heterocycles. The largest absolute Gasteiger partial charge is 0.502 e. The summed E-state index contributed by atoms with van der Waals surface area (Å²) in [6, 6.07) is 6.28. The zero-order chi connectivity index (χ0) is 14.5. The van der Waals surface area contributed by atoms with Crippen LogP contribution in [0.2, 0.25) is 0 Å². The third-order valence-electron chi connectivity index (χ3n) is 3.46. The van der Waals surface area contributed by atoms with Gasteiger partial charge in [-0.1, -0.05) is 6.07 Å². The minimum Gasteiger partial charge on any atom is -0.502 e. The van der Waals surface area contributed by atoms with E-state index in [0.717, 1.165) is 26.2 Å². The highest BCUT2D eigenvalue weighted by Crippen LogP contribution is 2.32. The zero-order valence-corrected chi connectivity index (χ0v) is 11.0. The monoisotopic (exact) mass is 276 g/mol. The highest BCUT2D eigenvalue weighted by atomic mass is 16.6. The normalized spacial score (nSPS) is 17.4. The summed E-state index contributed by atoms with van der Waals surface area (Å²) in [6.45, 7) is 3.26. The van der Waals surface area contributed by atoms with Crippen molar-refractivity contribution in [1.29, 1.82) is 5.26 Å². The lowest BCUT2D eigenvalue weighted by molar-refractivity contribution is -0.386. The second kappa shape index (κ2) is 6.32. The first-order valence-electron chi connectivity index (χ1n) is 6.42. The van der Waals surface area contributed by atoms with E-state index in [1.54, 1.807) is 6.07 Å². The molecule has 0 spiro atoms. The summed E-state index contributed by atoms with van der Waals surface area (Å²) >= 11 is 0. The number of aromatic hydroxyl groups is 1. The molecule has 0 saturated carbocycles. The maximum absolute atomic E-state index is 10.9. The molecule has 1 atom stereocenters. The van der Waals surface area contributed by atoms with Gasteiger partial charge in [0.2, 0.25) is 0 Å². The lowest BCUT2D eigenvalue weighted by Crippen LogP contribution is -2.45. The Labute approximate surface area is 116 Å². The summed E-state index contributed by atoms with van der Waals surface area (Å²) in [5, 5.41) is 32.6. The molecule has 0 bridgehead atoms. The van der Waals surface area contributed by atoms with E-state index < -0.39 is 4.92 Å². The highest BCUT2D eigenvalue weighted by Gasteiger charge is 2.24. The maximum atomic E-state index is 10.9. The van der Waals surface area contributed by atoms with Gasteiger partial charge in [-0.05, 0) is 11.6 Å². The first-order chi connectivity index (χ1) is 9.63. The van der Waals surface area contributed by atoms with E-state index in [-0.39, 0.29) is 23.9 Å². The Bertz CT molecular complexity index is 535. The van der Waals surface area contributed by atoms with Crippen LogP contribution in [0.15, 0.2) is 18.2 Å². The number of phenolic OH excluding ortho intramolecular Hbond substituents is 1. The molecule has 1 fully saturated rings. The molecule has 1 heterocycles. The van der Waals surface area contributed by atoms with Gasteiger partial charge < -0.3 is 10.4 Å². The minimum absolute atomic E-state index is 0.179. The van der Waals surface area contributed by atoms with Crippen molar-refractivity contribution in [2.45, 2.75) is 12.5 Å². The molecule has 0 aliphatic carbocycles. The molecule has 106 valence electrons. The third-order valence-corrected chi connectivity index (χ3v) is 3.46. The Morgan fingerprint density at radius 2 is 2.20 bits per heavy atom. The van der Waals surface area contributed by atoms with Crippen LogP contribution in [0.25, 0.3) is 0 Å². The van der Waals surface area contributed by atoms with Gasteiger partial charge in [-0.3, -0.25) is 15.0 Å². The van der Waals surface area contributed by atoms with E-state index in [0.29, 0.717) is 5.56 Å². The molecular formula is C13H16N4O3. The number of nitriles is 1. The number of phenols is 1. The van der Waals surface area contributed by atoms with E-state index in [1.807, 2.05) is 0 Å². The van der Waals surface area contributed by atoms with Gasteiger partial charge in [0.1, 0.15) is 0 Å². The van der Waals surface area contributed by atoms with Gasteiger partial charge >= 0.3 is 5.69 Å². The average Bonchev–Trinajstić information content (AvgIpc) is 2.46. The molecule has 1 aromatic rings. The van der Waals surface area contributed by atoms with Gasteiger partial charge in [0.05, 0.1) is 17.4 Å². The summed E-state index contributed by atoms with van der Waals surface area (Å²) in [6.07, 6.45) is 0.266. The van der Waals surface area contributed by atoms with Crippen LogP contribution in [-0.4, -0.2) is 41.1 Å². The highest BCUT2D eigenvalue weighted by molar-refractivity contribution is 5.48. The molecule has 7 heteroatoms. The van der Waals surface area contributed by atoms with Gasteiger partial charge in [-0.15, -0.1) is 0 Å². The lowest BCUT2D eigenvalue weighted by atomic mass is 10.0. The molecular weight excluding hydrogens is 260 g/mol. The quantitative estimate of drug-likeness (QED) is 0.632. The Balaban J connectivity index is 2.31. The maximum Gasteiger partial charge on any atom is 0.311 e. The summed E-state index contributed by atoms with van der Waals surface area (Å²) in [4.78, 5) is 12.4. The Morgan fingerprint density at radius 3 is 2.80 bits per heavy atom. The van der Waals surface area contributed by atoms with Crippen molar-refractivity contribution in [3.05, 3.63) is 33.9 Å². The second-order valence-electron chi connectivity index (χ2n) is 4.67. The van der Waals surface area contributed by atoms with Crippen molar-refractivity contribution in [3.8, 4) is 11.8 Å². The third kappa shape index (κ3) is 3.04. The van der Waals surface area contributed by atoms with Crippen LogP contribution >= 0.6 is 0 Å². The lowest BCUT2D eigenvalue weighted by Gasteiger charge is -2.34. The van der Waals surface area contributed by atoms with Crippen molar-refractivity contribution in [3.63, 3.8) is 0 Å². The number of hydrogen-bond donors (Lipinski definition) is 2. The van der Waals surface area contributed by atoms with Crippen LogP contribution in [0.1, 0.15) is 18.0 Å². The molecule has 7 nitrogen and oxygen atoms in total. The fourth-order valence-corrected chi connectivity index (χ4v) is 2.43. The molecule has 1 aliphatic rings. The van der Waals surface area contributed by atoms with Gasteiger partial charge in [0.25, 0.3) is 0 Å². The second-order valence-corrected chi connectivity index (χ2v) is 4.67. The first kappa shape index (κ1) is 14.2. The van der Waals surface area contributed by atoms with Crippen molar-refractivity contribution in [2.24, 2.45) is 0 Å². The van der Waals surface area contributed by atoms with E-state index in [9.17, 15) is 15.2 Å². The molecule has 0 radical (unpaired) electrons. The molecule has 2 N–H and O–H groups in total. The molecule has 1 aromatic carbocycles. The van der Waals surface area contributed by atoms with Gasteiger partial charge in [0, 0.05) is 38.3 Å². The van der Waals surface area contributed by atoms with Crippen LogP contribution < -0.4 is 5.32 Å².